The topological polar surface area (TPSA) is 46.2 Å². The fourth-order valence-corrected chi connectivity index (χ4v) is 2.00. The number of rotatable bonds is 2. The summed E-state index contributed by atoms with van der Waals surface area (Å²) in [4.78, 5) is 0. The summed E-state index contributed by atoms with van der Waals surface area (Å²) in [7, 11) is 0. The predicted molar refractivity (Wildman–Crippen MR) is 62.7 cm³/mol. The molecule has 0 heterocycles. The van der Waals surface area contributed by atoms with Crippen molar-refractivity contribution in [2.45, 2.75) is 18.9 Å². The number of halogens is 3. The first-order chi connectivity index (χ1) is 6.59. The van der Waals surface area contributed by atoms with Gasteiger partial charge in [-0.1, -0.05) is 0 Å². The van der Waals surface area contributed by atoms with Crippen LogP contribution < -0.4 is 5.73 Å². The Morgan fingerprint density at radius 2 is 2.07 bits per heavy atom. The quantitative estimate of drug-likeness (QED) is 0.881. The van der Waals surface area contributed by atoms with Crippen LogP contribution >= 0.6 is 28.3 Å². The van der Waals surface area contributed by atoms with Crippen LogP contribution in [0.3, 0.4) is 0 Å². The minimum absolute atomic E-state index is 0. The Morgan fingerprint density at radius 1 is 1.47 bits per heavy atom. The normalized spacial score (nSPS) is 17.0. The molecule has 0 unspecified atom stereocenters. The van der Waals surface area contributed by atoms with Crippen molar-refractivity contribution in [2.75, 3.05) is 0 Å². The van der Waals surface area contributed by atoms with E-state index in [-0.39, 0.29) is 30.0 Å². The number of benzene rings is 1. The minimum atomic E-state index is -0.374. The number of nitrogens with two attached hydrogens (primary N) is 1. The Morgan fingerprint density at radius 3 is 2.60 bits per heavy atom. The highest BCUT2D eigenvalue weighted by atomic mass is 79.9. The summed E-state index contributed by atoms with van der Waals surface area (Å²) in [6.45, 7) is 0. The summed E-state index contributed by atoms with van der Waals surface area (Å²) in [6.07, 6.45) is 2.13. The van der Waals surface area contributed by atoms with Crippen LogP contribution in [-0.2, 0) is 0 Å². The molecule has 0 amide bonds. The SMILES string of the molecule is Cl.N[C@@H](c1cc(F)cc(Br)c1O)C1CC1. The van der Waals surface area contributed by atoms with Gasteiger partial charge in [0.15, 0.2) is 0 Å². The molecule has 3 N–H and O–H groups in total. The maximum Gasteiger partial charge on any atom is 0.134 e. The molecule has 0 aromatic heterocycles. The molecule has 2 nitrogen and oxygen atoms in total. The minimum Gasteiger partial charge on any atom is -0.506 e. The van der Waals surface area contributed by atoms with Crippen molar-refractivity contribution in [3.63, 3.8) is 0 Å². The lowest BCUT2D eigenvalue weighted by Gasteiger charge is -2.13. The molecule has 15 heavy (non-hydrogen) atoms. The molecule has 0 spiro atoms. The zero-order valence-electron chi connectivity index (χ0n) is 7.91. The Balaban J connectivity index is 0.00000112. The molecule has 1 aromatic rings. The third kappa shape index (κ3) is 2.62. The van der Waals surface area contributed by atoms with Gasteiger partial charge >= 0.3 is 0 Å². The molecule has 0 aliphatic heterocycles. The molecular weight excluding hydrogens is 284 g/mol. The van der Waals surface area contributed by atoms with Crippen molar-refractivity contribution in [1.82, 2.24) is 0 Å². The van der Waals surface area contributed by atoms with E-state index in [4.69, 9.17) is 5.73 Å². The van der Waals surface area contributed by atoms with Crippen molar-refractivity contribution in [3.05, 3.63) is 28.0 Å². The standard InChI is InChI=1S/C10H11BrFNO.ClH/c11-8-4-6(12)3-7(10(8)14)9(13)5-1-2-5;/h3-5,9,14H,1-2,13H2;1H/t9-;/m1./s1. The van der Waals surface area contributed by atoms with Crippen molar-refractivity contribution in [3.8, 4) is 5.75 Å². The Bertz CT molecular complexity index is 371. The van der Waals surface area contributed by atoms with Gasteiger partial charge in [0, 0.05) is 11.6 Å². The lowest BCUT2D eigenvalue weighted by Crippen LogP contribution is -2.12. The number of hydrogen-bond donors (Lipinski definition) is 2. The molecule has 1 aliphatic carbocycles. The second-order valence-electron chi connectivity index (χ2n) is 3.69. The van der Waals surface area contributed by atoms with E-state index in [1.807, 2.05) is 0 Å². The Kier molecular flexibility index (Phi) is 3.98. The molecular formula is C10H12BrClFNO. The van der Waals surface area contributed by atoms with Crippen LogP contribution in [-0.4, -0.2) is 5.11 Å². The summed E-state index contributed by atoms with van der Waals surface area (Å²) in [5.41, 5.74) is 6.39. The summed E-state index contributed by atoms with van der Waals surface area (Å²) in [5, 5.41) is 9.68. The van der Waals surface area contributed by atoms with Crippen molar-refractivity contribution < 1.29 is 9.50 Å². The zero-order valence-corrected chi connectivity index (χ0v) is 10.3. The molecule has 0 radical (unpaired) electrons. The van der Waals surface area contributed by atoms with Crippen molar-refractivity contribution in [1.29, 1.82) is 0 Å². The van der Waals surface area contributed by atoms with Crippen LogP contribution in [0.25, 0.3) is 0 Å². The first-order valence-corrected chi connectivity index (χ1v) is 5.32. The molecule has 1 saturated carbocycles. The lowest BCUT2D eigenvalue weighted by molar-refractivity contribution is 0.449. The van der Waals surface area contributed by atoms with Crippen LogP contribution in [0, 0.1) is 11.7 Å². The first-order valence-electron chi connectivity index (χ1n) is 4.53. The van der Waals surface area contributed by atoms with E-state index >= 15 is 0 Å². The second kappa shape index (κ2) is 4.68. The monoisotopic (exact) mass is 295 g/mol. The van der Waals surface area contributed by atoms with Crippen LogP contribution in [0.5, 0.6) is 5.75 Å². The van der Waals surface area contributed by atoms with E-state index in [1.54, 1.807) is 0 Å². The van der Waals surface area contributed by atoms with Gasteiger partial charge in [-0.3, -0.25) is 0 Å². The van der Waals surface area contributed by atoms with E-state index in [2.05, 4.69) is 15.9 Å². The molecule has 2 rings (SSSR count). The molecule has 5 heteroatoms. The van der Waals surface area contributed by atoms with Gasteiger partial charge in [-0.25, -0.2) is 4.39 Å². The third-order valence-corrected chi connectivity index (χ3v) is 3.15. The van der Waals surface area contributed by atoms with Gasteiger partial charge in [-0.05, 0) is 46.8 Å². The number of phenolic OH excluding ortho intramolecular Hbond substituents is 1. The van der Waals surface area contributed by atoms with E-state index in [1.165, 1.54) is 12.1 Å². The highest BCUT2D eigenvalue weighted by Gasteiger charge is 2.31. The fourth-order valence-electron chi connectivity index (χ4n) is 1.55. The molecule has 1 aromatic carbocycles. The highest BCUT2D eigenvalue weighted by molar-refractivity contribution is 9.10. The summed E-state index contributed by atoms with van der Waals surface area (Å²) in [6, 6.07) is 2.30. The zero-order chi connectivity index (χ0) is 10.3. The number of hydrogen-bond acceptors (Lipinski definition) is 2. The van der Waals surface area contributed by atoms with Gasteiger partial charge in [-0.2, -0.15) is 0 Å². The summed E-state index contributed by atoms with van der Waals surface area (Å²) in [5.74, 6) is 0.0844. The van der Waals surface area contributed by atoms with Gasteiger partial charge < -0.3 is 10.8 Å². The highest BCUT2D eigenvalue weighted by Crippen LogP contribution is 2.43. The number of phenols is 1. The Labute approximate surface area is 102 Å². The van der Waals surface area contributed by atoms with Gasteiger partial charge in [0.25, 0.3) is 0 Å². The van der Waals surface area contributed by atoms with E-state index in [9.17, 15) is 9.50 Å². The van der Waals surface area contributed by atoms with E-state index in [0.717, 1.165) is 12.8 Å². The summed E-state index contributed by atoms with van der Waals surface area (Å²) < 4.78 is 13.4. The molecule has 1 fully saturated rings. The van der Waals surface area contributed by atoms with Crippen LogP contribution in [0.1, 0.15) is 24.4 Å². The molecule has 0 bridgehead atoms. The molecule has 1 aliphatic rings. The smallest absolute Gasteiger partial charge is 0.134 e. The van der Waals surface area contributed by atoms with Crippen LogP contribution in [0.4, 0.5) is 4.39 Å². The fraction of sp³-hybridized carbons (Fsp3) is 0.400. The average Bonchev–Trinajstić information content (AvgIpc) is 2.93. The molecule has 1 atom stereocenters. The summed E-state index contributed by atoms with van der Waals surface area (Å²) >= 11 is 3.09. The maximum absolute atomic E-state index is 13.1. The largest absolute Gasteiger partial charge is 0.506 e. The molecule has 84 valence electrons. The van der Waals surface area contributed by atoms with Gasteiger partial charge in [0.2, 0.25) is 0 Å². The third-order valence-electron chi connectivity index (χ3n) is 2.55. The van der Waals surface area contributed by atoms with Crippen LogP contribution in [0.2, 0.25) is 0 Å². The van der Waals surface area contributed by atoms with E-state index < -0.39 is 0 Å². The maximum atomic E-state index is 13.1. The molecule has 0 saturated heterocycles. The Hall–Kier alpha value is -0.320. The average molecular weight is 297 g/mol. The van der Waals surface area contributed by atoms with Gasteiger partial charge in [0.1, 0.15) is 11.6 Å². The van der Waals surface area contributed by atoms with Gasteiger partial charge in [0.05, 0.1) is 4.47 Å². The van der Waals surface area contributed by atoms with Gasteiger partial charge in [-0.15, -0.1) is 12.4 Å². The van der Waals surface area contributed by atoms with Crippen molar-refractivity contribution >= 4 is 28.3 Å². The lowest BCUT2D eigenvalue weighted by atomic mass is 10.0. The van der Waals surface area contributed by atoms with Crippen molar-refractivity contribution in [2.24, 2.45) is 11.7 Å². The van der Waals surface area contributed by atoms with Crippen LogP contribution in [0.15, 0.2) is 16.6 Å². The first kappa shape index (κ1) is 12.7. The van der Waals surface area contributed by atoms with E-state index in [0.29, 0.717) is 16.0 Å². The number of aromatic hydroxyl groups is 1. The second-order valence-corrected chi connectivity index (χ2v) is 4.54. The predicted octanol–water partition coefficient (Wildman–Crippen LogP) is 3.13.